The van der Waals surface area contributed by atoms with Crippen molar-refractivity contribution in [1.29, 1.82) is 0 Å². The van der Waals surface area contributed by atoms with E-state index in [9.17, 15) is 4.79 Å². The Kier molecular flexibility index (Phi) is 6.93. The summed E-state index contributed by atoms with van der Waals surface area (Å²) in [5, 5.41) is 3.39. The van der Waals surface area contributed by atoms with Crippen LogP contribution in [0.5, 0.6) is 0 Å². The van der Waals surface area contributed by atoms with Crippen molar-refractivity contribution in [1.82, 2.24) is 10.2 Å². The molecule has 0 aromatic heterocycles. The summed E-state index contributed by atoms with van der Waals surface area (Å²) in [7, 11) is 0. The highest BCUT2D eigenvalue weighted by Gasteiger charge is 2.30. The zero-order chi connectivity index (χ0) is 17.2. The summed E-state index contributed by atoms with van der Waals surface area (Å²) in [5.74, 6) is 1.05. The van der Waals surface area contributed by atoms with Gasteiger partial charge in [0.05, 0.1) is 6.04 Å². The van der Waals surface area contributed by atoms with Gasteiger partial charge in [0.2, 0.25) is 5.91 Å². The molecule has 1 aromatic rings. The lowest BCUT2D eigenvalue weighted by Gasteiger charge is -2.27. The first-order valence-corrected chi connectivity index (χ1v) is 9.56. The third-order valence-electron chi connectivity index (χ3n) is 5.66. The molecule has 0 spiro atoms. The fourth-order valence-electron chi connectivity index (χ4n) is 4.05. The number of halogens is 1. The van der Waals surface area contributed by atoms with Crippen LogP contribution in [0.1, 0.15) is 70.0 Å². The van der Waals surface area contributed by atoms with E-state index in [0.717, 1.165) is 38.9 Å². The van der Waals surface area contributed by atoms with Gasteiger partial charge in [0.1, 0.15) is 0 Å². The predicted molar refractivity (Wildman–Crippen MR) is 106 cm³/mol. The minimum absolute atomic E-state index is 0. The van der Waals surface area contributed by atoms with Crippen LogP contribution in [-0.2, 0) is 10.2 Å². The van der Waals surface area contributed by atoms with Gasteiger partial charge in [-0.2, -0.15) is 0 Å². The fourth-order valence-corrected chi connectivity index (χ4v) is 4.05. The molecule has 2 fully saturated rings. The lowest BCUT2D eigenvalue weighted by atomic mass is 9.86. The highest BCUT2D eigenvalue weighted by atomic mass is 35.5. The van der Waals surface area contributed by atoms with Crippen LogP contribution < -0.4 is 5.32 Å². The summed E-state index contributed by atoms with van der Waals surface area (Å²) in [6.07, 6.45) is 5.21. The number of nitrogens with one attached hydrogen (secondary N) is 1. The minimum atomic E-state index is 0. The van der Waals surface area contributed by atoms with Crippen molar-refractivity contribution in [3.63, 3.8) is 0 Å². The maximum Gasteiger partial charge on any atom is 0.223 e. The second-order valence-electron chi connectivity index (χ2n) is 8.51. The van der Waals surface area contributed by atoms with Gasteiger partial charge in [-0.15, -0.1) is 12.4 Å². The van der Waals surface area contributed by atoms with Gasteiger partial charge in [0.15, 0.2) is 0 Å². The first-order chi connectivity index (χ1) is 11.4. The Morgan fingerprint density at radius 2 is 1.92 bits per heavy atom. The molecule has 1 amide bonds. The van der Waals surface area contributed by atoms with Gasteiger partial charge in [-0.1, -0.05) is 45.0 Å². The van der Waals surface area contributed by atoms with E-state index < -0.39 is 0 Å². The zero-order valence-corrected chi connectivity index (χ0v) is 16.7. The van der Waals surface area contributed by atoms with Gasteiger partial charge in [0, 0.05) is 13.0 Å². The lowest BCUT2D eigenvalue weighted by molar-refractivity contribution is -0.132. The number of benzene rings is 1. The average molecular weight is 365 g/mol. The van der Waals surface area contributed by atoms with E-state index in [1.165, 1.54) is 17.5 Å². The van der Waals surface area contributed by atoms with Crippen LogP contribution in [0.15, 0.2) is 24.3 Å². The summed E-state index contributed by atoms with van der Waals surface area (Å²) in [6, 6.07) is 9.23. The minimum Gasteiger partial charge on any atom is -0.336 e. The monoisotopic (exact) mass is 364 g/mol. The number of hydrogen-bond acceptors (Lipinski definition) is 2. The average Bonchev–Trinajstić information content (AvgIpc) is 3.23. The lowest BCUT2D eigenvalue weighted by Crippen LogP contribution is -2.30. The second kappa shape index (κ2) is 8.55. The van der Waals surface area contributed by atoms with Crippen LogP contribution in [0, 0.1) is 5.92 Å². The Hall–Kier alpha value is -1.06. The SMILES string of the molecule is CC(C)(C)c1ccc(C2CCCN2C(=O)CCC2CCNC2)cc1.Cl. The normalized spacial score (nSPS) is 23.6. The van der Waals surface area contributed by atoms with Crippen LogP contribution in [0.3, 0.4) is 0 Å². The van der Waals surface area contributed by atoms with E-state index in [0.29, 0.717) is 18.2 Å². The predicted octanol–water partition coefficient (Wildman–Crippen LogP) is 4.46. The molecule has 4 heteroatoms. The molecule has 0 aliphatic carbocycles. The molecule has 0 saturated carbocycles. The Morgan fingerprint density at radius 1 is 1.20 bits per heavy atom. The van der Waals surface area contributed by atoms with Crippen molar-refractivity contribution < 1.29 is 4.79 Å². The molecule has 0 bridgehead atoms. The molecule has 2 aliphatic heterocycles. The number of nitrogens with zero attached hydrogens (tertiary/aromatic N) is 1. The van der Waals surface area contributed by atoms with E-state index in [2.05, 4.69) is 55.3 Å². The number of likely N-dealkylation sites (tertiary alicyclic amines) is 1. The molecular weight excluding hydrogens is 332 g/mol. The van der Waals surface area contributed by atoms with Crippen molar-refractivity contribution in [2.24, 2.45) is 5.92 Å². The molecule has 0 radical (unpaired) electrons. The molecule has 3 nitrogen and oxygen atoms in total. The maximum absolute atomic E-state index is 12.7. The van der Waals surface area contributed by atoms with Crippen molar-refractivity contribution >= 4 is 18.3 Å². The van der Waals surface area contributed by atoms with Crippen LogP contribution in [-0.4, -0.2) is 30.4 Å². The molecule has 25 heavy (non-hydrogen) atoms. The van der Waals surface area contributed by atoms with Crippen molar-refractivity contribution in [2.45, 2.75) is 64.3 Å². The smallest absolute Gasteiger partial charge is 0.223 e. The number of carbonyl (C=O) groups is 1. The Balaban J connectivity index is 0.00000225. The third kappa shape index (κ3) is 4.98. The van der Waals surface area contributed by atoms with E-state index in [-0.39, 0.29) is 23.9 Å². The zero-order valence-electron chi connectivity index (χ0n) is 15.9. The summed E-state index contributed by atoms with van der Waals surface area (Å²) in [5.41, 5.74) is 2.84. The summed E-state index contributed by atoms with van der Waals surface area (Å²) in [6.45, 7) is 9.85. The number of rotatable bonds is 4. The number of carbonyl (C=O) groups excluding carboxylic acids is 1. The van der Waals surface area contributed by atoms with Crippen molar-refractivity contribution in [3.05, 3.63) is 35.4 Å². The fraction of sp³-hybridized carbons (Fsp3) is 0.667. The first kappa shape index (κ1) is 20.3. The second-order valence-corrected chi connectivity index (χ2v) is 8.51. The van der Waals surface area contributed by atoms with Crippen LogP contribution in [0.4, 0.5) is 0 Å². The maximum atomic E-state index is 12.7. The Morgan fingerprint density at radius 3 is 2.52 bits per heavy atom. The standard InChI is InChI=1S/C21H32N2O.ClH/c1-21(2,3)18-9-7-17(8-10-18)19-5-4-14-23(19)20(24)11-6-16-12-13-22-15-16;/h7-10,16,19,22H,4-6,11-15H2,1-3H3;1H. The molecule has 2 atom stereocenters. The van der Waals surface area contributed by atoms with Crippen LogP contribution in [0.25, 0.3) is 0 Å². The molecule has 2 aliphatic rings. The quantitative estimate of drug-likeness (QED) is 0.855. The summed E-state index contributed by atoms with van der Waals surface area (Å²) in [4.78, 5) is 14.9. The summed E-state index contributed by atoms with van der Waals surface area (Å²) >= 11 is 0. The molecule has 1 N–H and O–H groups in total. The van der Waals surface area contributed by atoms with E-state index >= 15 is 0 Å². The molecule has 2 saturated heterocycles. The van der Waals surface area contributed by atoms with E-state index in [4.69, 9.17) is 0 Å². The van der Waals surface area contributed by atoms with Crippen molar-refractivity contribution in [3.8, 4) is 0 Å². The van der Waals surface area contributed by atoms with Gasteiger partial charge in [-0.25, -0.2) is 0 Å². The first-order valence-electron chi connectivity index (χ1n) is 9.56. The Labute approximate surface area is 159 Å². The van der Waals surface area contributed by atoms with Gasteiger partial charge >= 0.3 is 0 Å². The van der Waals surface area contributed by atoms with Crippen LogP contribution >= 0.6 is 12.4 Å². The molecular formula is C21H33ClN2O. The van der Waals surface area contributed by atoms with Gasteiger partial charge in [-0.05, 0) is 61.2 Å². The Bertz CT molecular complexity index is 558. The van der Waals surface area contributed by atoms with Gasteiger partial charge < -0.3 is 10.2 Å². The summed E-state index contributed by atoms with van der Waals surface area (Å²) < 4.78 is 0. The molecule has 1 aromatic carbocycles. The van der Waals surface area contributed by atoms with Gasteiger partial charge in [0.25, 0.3) is 0 Å². The molecule has 3 rings (SSSR count). The largest absolute Gasteiger partial charge is 0.336 e. The number of amides is 1. The highest BCUT2D eigenvalue weighted by Crippen LogP contribution is 2.34. The number of hydrogen-bond donors (Lipinski definition) is 1. The van der Waals surface area contributed by atoms with Gasteiger partial charge in [-0.3, -0.25) is 4.79 Å². The van der Waals surface area contributed by atoms with Crippen molar-refractivity contribution in [2.75, 3.05) is 19.6 Å². The highest BCUT2D eigenvalue weighted by molar-refractivity contribution is 5.85. The van der Waals surface area contributed by atoms with E-state index in [1.54, 1.807) is 0 Å². The molecule has 2 heterocycles. The van der Waals surface area contributed by atoms with Crippen LogP contribution in [0.2, 0.25) is 0 Å². The van der Waals surface area contributed by atoms with E-state index in [1.807, 2.05) is 0 Å². The molecule has 2 unspecified atom stereocenters. The molecule has 140 valence electrons. The third-order valence-corrected chi connectivity index (χ3v) is 5.66. The topological polar surface area (TPSA) is 32.3 Å².